The minimum atomic E-state index is -0.295. The number of aryl methyl sites for hydroxylation is 1. The number of rotatable bonds is 2. The van der Waals surface area contributed by atoms with E-state index in [1.165, 1.54) is 0 Å². The lowest BCUT2D eigenvalue weighted by Crippen LogP contribution is -2.08. The molecule has 0 radical (unpaired) electrons. The molecule has 0 unspecified atom stereocenters. The highest BCUT2D eigenvalue weighted by molar-refractivity contribution is 5.90. The van der Waals surface area contributed by atoms with E-state index < -0.39 is 0 Å². The summed E-state index contributed by atoms with van der Waals surface area (Å²) in [5.74, 6) is -0.295. The van der Waals surface area contributed by atoms with E-state index in [0.717, 1.165) is 11.1 Å². The Kier molecular flexibility index (Phi) is 3.01. The molecule has 0 aliphatic rings. The highest BCUT2D eigenvalue weighted by atomic mass is 16.5. The van der Waals surface area contributed by atoms with Crippen molar-refractivity contribution in [2.24, 2.45) is 0 Å². The summed E-state index contributed by atoms with van der Waals surface area (Å²) in [7, 11) is 0. The molecule has 70 valence electrons. The maximum atomic E-state index is 11.4. The SMILES string of the molecule is CCOC(=O)c1cncc(C)c1C. The lowest BCUT2D eigenvalue weighted by atomic mass is 10.1. The summed E-state index contributed by atoms with van der Waals surface area (Å²) < 4.78 is 4.88. The van der Waals surface area contributed by atoms with Crippen molar-refractivity contribution in [3.8, 4) is 0 Å². The van der Waals surface area contributed by atoms with E-state index in [0.29, 0.717) is 12.2 Å². The molecule has 0 fully saturated rings. The summed E-state index contributed by atoms with van der Waals surface area (Å²) in [6.07, 6.45) is 3.28. The Morgan fingerprint density at radius 3 is 2.77 bits per heavy atom. The third-order valence-electron chi connectivity index (χ3n) is 1.96. The smallest absolute Gasteiger partial charge is 0.339 e. The van der Waals surface area contributed by atoms with Crippen molar-refractivity contribution in [1.82, 2.24) is 4.98 Å². The molecule has 3 nitrogen and oxygen atoms in total. The van der Waals surface area contributed by atoms with E-state index in [-0.39, 0.29) is 5.97 Å². The Bertz CT molecular complexity index is 321. The molecule has 0 bridgehead atoms. The van der Waals surface area contributed by atoms with Gasteiger partial charge in [0.1, 0.15) is 0 Å². The zero-order valence-corrected chi connectivity index (χ0v) is 8.13. The largest absolute Gasteiger partial charge is 0.462 e. The van der Waals surface area contributed by atoms with Gasteiger partial charge >= 0.3 is 5.97 Å². The van der Waals surface area contributed by atoms with Gasteiger partial charge < -0.3 is 4.74 Å². The van der Waals surface area contributed by atoms with Crippen molar-refractivity contribution in [3.05, 3.63) is 29.1 Å². The van der Waals surface area contributed by atoms with E-state index in [9.17, 15) is 4.79 Å². The van der Waals surface area contributed by atoms with Crippen LogP contribution in [0.25, 0.3) is 0 Å². The summed E-state index contributed by atoms with van der Waals surface area (Å²) in [6, 6.07) is 0. The maximum absolute atomic E-state index is 11.4. The van der Waals surface area contributed by atoms with Crippen LogP contribution in [0.4, 0.5) is 0 Å². The average molecular weight is 179 g/mol. The molecule has 0 aromatic carbocycles. The number of ether oxygens (including phenoxy) is 1. The first-order valence-corrected chi connectivity index (χ1v) is 4.25. The molecule has 0 amide bonds. The highest BCUT2D eigenvalue weighted by Gasteiger charge is 2.10. The van der Waals surface area contributed by atoms with Crippen molar-refractivity contribution in [1.29, 1.82) is 0 Å². The van der Waals surface area contributed by atoms with Crippen LogP contribution in [0.15, 0.2) is 12.4 Å². The van der Waals surface area contributed by atoms with Gasteiger partial charge in [0.05, 0.1) is 12.2 Å². The van der Waals surface area contributed by atoms with Crippen LogP contribution in [0.5, 0.6) is 0 Å². The topological polar surface area (TPSA) is 39.2 Å². The predicted molar refractivity (Wildman–Crippen MR) is 49.7 cm³/mol. The summed E-state index contributed by atoms with van der Waals surface area (Å²) >= 11 is 0. The third-order valence-corrected chi connectivity index (χ3v) is 1.96. The fourth-order valence-corrected chi connectivity index (χ4v) is 1.04. The van der Waals surface area contributed by atoms with Crippen molar-refractivity contribution in [3.63, 3.8) is 0 Å². The molecule has 0 aliphatic heterocycles. The number of carbonyl (C=O) groups excluding carboxylic acids is 1. The standard InChI is InChI=1S/C10H13NO2/c1-4-13-10(12)9-6-11-5-7(2)8(9)3/h5-6H,4H2,1-3H3. The Hall–Kier alpha value is -1.38. The fourth-order valence-electron chi connectivity index (χ4n) is 1.04. The van der Waals surface area contributed by atoms with Crippen LogP contribution in [0, 0.1) is 13.8 Å². The van der Waals surface area contributed by atoms with E-state index in [1.54, 1.807) is 19.3 Å². The molecule has 0 spiro atoms. The first kappa shape index (κ1) is 9.71. The Labute approximate surface area is 77.8 Å². The van der Waals surface area contributed by atoms with Crippen LogP contribution < -0.4 is 0 Å². The van der Waals surface area contributed by atoms with Gasteiger partial charge in [0.15, 0.2) is 0 Å². The zero-order valence-electron chi connectivity index (χ0n) is 8.13. The Morgan fingerprint density at radius 1 is 1.46 bits per heavy atom. The van der Waals surface area contributed by atoms with Gasteiger partial charge in [-0.05, 0) is 31.9 Å². The van der Waals surface area contributed by atoms with Gasteiger partial charge in [-0.25, -0.2) is 4.79 Å². The van der Waals surface area contributed by atoms with Gasteiger partial charge in [0.25, 0.3) is 0 Å². The molecule has 1 aromatic rings. The maximum Gasteiger partial charge on any atom is 0.339 e. The van der Waals surface area contributed by atoms with Crippen LogP contribution >= 0.6 is 0 Å². The minimum Gasteiger partial charge on any atom is -0.462 e. The number of hydrogen-bond acceptors (Lipinski definition) is 3. The fraction of sp³-hybridized carbons (Fsp3) is 0.400. The summed E-state index contributed by atoms with van der Waals surface area (Å²) in [6.45, 7) is 6.00. The quantitative estimate of drug-likeness (QED) is 0.650. The molecule has 3 heteroatoms. The molecule has 0 aliphatic carbocycles. The van der Waals surface area contributed by atoms with Gasteiger partial charge in [0.2, 0.25) is 0 Å². The molecule has 0 saturated carbocycles. The number of esters is 1. The van der Waals surface area contributed by atoms with Crippen LogP contribution in [-0.2, 0) is 4.74 Å². The number of hydrogen-bond donors (Lipinski definition) is 0. The second-order valence-corrected chi connectivity index (χ2v) is 2.85. The van der Waals surface area contributed by atoms with Gasteiger partial charge in [0, 0.05) is 12.4 Å². The monoisotopic (exact) mass is 179 g/mol. The first-order chi connectivity index (χ1) is 6.16. The van der Waals surface area contributed by atoms with E-state index in [2.05, 4.69) is 4.98 Å². The van der Waals surface area contributed by atoms with Crippen molar-refractivity contribution < 1.29 is 9.53 Å². The van der Waals surface area contributed by atoms with Gasteiger partial charge in [-0.1, -0.05) is 0 Å². The van der Waals surface area contributed by atoms with Gasteiger partial charge in [-0.2, -0.15) is 0 Å². The van der Waals surface area contributed by atoms with E-state index >= 15 is 0 Å². The molecular weight excluding hydrogens is 166 g/mol. The zero-order chi connectivity index (χ0) is 9.84. The normalized spacial score (nSPS) is 9.77. The van der Waals surface area contributed by atoms with Crippen LogP contribution in [0.3, 0.4) is 0 Å². The van der Waals surface area contributed by atoms with Crippen molar-refractivity contribution >= 4 is 5.97 Å². The van der Waals surface area contributed by atoms with Crippen LogP contribution in [0.1, 0.15) is 28.4 Å². The van der Waals surface area contributed by atoms with Crippen molar-refractivity contribution in [2.75, 3.05) is 6.61 Å². The summed E-state index contributed by atoms with van der Waals surface area (Å²) in [4.78, 5) is 15.3. The molecule has 1 rings (SSSR count). The number of nitrogens with zero attached hydrogens (tertiary/aromatic N) is 1. The molecule has 0 N–H and O–H groups in total. The molecule has 1 aromatic heterocycles. The Balaban J connectivity index is 3.01. The summed E-state index contributed by atoms with van der Waals surface area (Å²) in [5, 5.41) is 0. The van der Waals surface area contributed by atoms with E-state index in [4.69, 9.17) is 4.74 Å². The molecule has 13 heavy (non-hydrogen) atoms. The Morgan fingerprint density at radius 2 is 2.15 bits per heavy atom. The minimum absolute atomic E-state index is 0.295. The second kappa shape index (κ2) is 4.03. The second-order valence-electron chi connectivity index (χ2n) is 2.85. The first-order valence-electron chi connectivity index (χ1n) is 4.25. The predicted octanol–water partition coefficient (Wildman–Crippen LogP) is 1.88. The highest BCUT2D eigenvalue weighted by Crippen LogP contribution is 2.11. The van der Waals surface area contributed by atoms with Crippen LogP contribution in [0.2, 0.25) is 0 Å². The number of pyridine rings is 1. The molecule has 0 saturated heterocycles. The third kappa shape index (κ3) is 2.05. The molecular formula is C10H13NO2. The van der Waals surface area contributed by atoms with Gasteiger partial charge in [-0.15, -0.1) is 0 Å². The lowest BCUT2D eigenvalue weighted by molar-refractivity contribution is 0.0525. The molecule has 0 atom stereocenters. The van der Waals surface area contributed by atoms with Gasteiger partial charge in [-0.3, -0.25) is 4.98 Å². The molecule has 1 heterocycles. The van der Waals surface area contributed by atoms with Crippen molar-refractivity contribution in [2.45, 2.75) is 20.8 Å². The average Bonchev–Trinajstić information content (AvgIpc) is 2.10. The van der Waals surface area contributed by atoms with Crippen LogP contribution in [-0.4, -0.2) is 17.6 Å². The number of carbonyl (C=O) groups is 1. The lowest BCUT2D eigenvalue weighted by Gasteiger charge is -2.06. The van der Waals surface area contributed by atoms with E-state index in [1.807, 2.05) is 13.8 Å². The summed E-state index contributed by atoms with van der Waals surface area (Å²) in [5.41, 5.74) is 2.50. The number of aromatic nitrogens is 1.